The number of rotatable bonds is 1. The summed E-state index contributed by atoms with van der Waals surface area (Å²) in [5.41, 5.74) is 2.77. The van der Waals surface area contributed by atoms with Gasteiger partial charge in [-0.15, -0.1) is 0 Å². The van der Waals surface area contributed by atoms with Crippen LogP contribution in [0.15, 0.2) is 48.5 Å². The summed E-state index contributed by atoms with van der Waals surface area (Å²) in [6.07, 6.45) is 2.20. The second-order valence-corrected chi connectivity index (χ2v) is 7.16. The minimum absolute atomic E-state index is 0.0121. The summed E-state index contributed by atoms with van der Waals surface area (Å²) in [4.78, 5) is 15.2. The molecular formula is C19H17ClN2O. The van der Waals surface area contributed by atoms with Crippen LogP contribution in [0.3, 0.4) is 0 Å². The minimum Gasteiger partial charge on any atom is -0.314 e. The van der Waals surface area contributed by atoms with Crippen LogP contribution in [-0.2, 0) is 11.1 Å². The van der Waals surface area contributed by atoms with E-state index >= 15 is 0 Å². The van der Waals surface area contributed by atoms with E-state index in [-0.39, 0.29) is 11.3 Å². The highest BCUT2D eigenvalue weighted by Crippen LogP contribution is 2.64. The number of carbonyl (C=O) groups is 1. The van der Waals surface area contributed by atoms with E-state index in [1.54, 1.807) is 0 Å². The molecule has 0 bridgehead atoms. The van der Waals surface area contributed by atoms with Crippen LogP contribution in [0.1, 0.15) is 34.3 Å². The molecule has 2 aromatic rings. The number of halogens is 1. The van der Waals surface area contributed by atoms with Gasteiger partial charge in [-0.2, -0.15) is 0 Å². The molecule has 116 valence electrons. The van der Waals surface area contributed by atoms with Crippen molar-refractivity contribution in [2.75, 3.05) is 13.1 Å². The molecule has 2 fully saturated rings. The highest BCUT2D eigenvalue weighted by molar-refractivity contribution is 6.30. The first kappa shape index (κ1) is 13.6. The van der Waals surface area contributed by atoms with Crippen molar-refractivity contribution in [1.29, 1.82) is 0 Å². The Hall–Kier alpha value is -1.84. The second-order valence-electron chi connectivity index (χ2n) is 6.73. The molecule has 2 aromatic carbocycles. The Morgan fingerprint density at radius 1 is 1.04 bits per heavy atom. The highest BCUT2D eigenvalue weighted by atomic mass is 35.5. The lowest BCUT2D eigenvalue weighted by molar-refractivity contribution is 0.0351. The zero-order chi connectivity index (χ0) is 15.7. The Morgan fingerprint density at radius 2 is 1.78 bits per heavy atom. The number of amides is 1. The highest BCUT2D eigenvalue weighted by Gasteiger charge is 2.69. The van der Waals surface area contributed by atoms with Gasteiger partial charge in [0.25, 0.3) is 5.91 Å². The largest absolute Gasteiger partial charge is 0.314 e. The Kier molecular flexibility index (Phi) is 2.58. The van der Waals surface area contributed by atoms with Crippen LogP contribution in [0, 0.1) is 0 Å². The summed E-state index contributed by atoms with van der Waals surface area (Å²) >= 11 is 6.09. The first-order chi connectivity index (χ1) is 11.2. The van der Waals surface area contributed by atoms with Crippen molar-refractivity contribution < 1.29 is 4.79 Å². The van der Waals surface area contributed by atoms with Crippen molar-refractivity contribution >= 4 is 17.5 Å². The van der Waals surface area contributed by atoms with Crippen LogP contribution >= 0.6 is 11.6 Å². The normalized spacial score (nSPS) is 27.0. The third-order valence-electron chi connectivity index (χ3n) is 5.74. The Morgan fingerprint density at radius 3 is 2.52 bits per heavy atom. The molecule has 1 saturated carbocycles. The van der Waals surface area contributed by atoms with Gasteiger partial charge >= 0.3 is 0 Å². The van der Waals surface area contributed by atoms with E-state index in [0.29, 0.717) is 0 Å². The fourth-order valence-electron chi connectivity index (χ4n) is 4.70. The second kappa shape index (κ2) is 4.37. The van der Waals surface area contributed by atoms with Gasteiger partial charge in [0.15, 0.2) is 0 Å². The molecule has 1 spiro atoms. The average molecular weight is 325 g/mol. The lowest BCUT2D eigenvalue weighted by Gasteiger charge is -2.49. The van der Waals surface area contributed by atoms with Gasteiger partial charge in [-0.3, -0.25) is 10.1 Å². The van der Waals surface area contributed by atoms with Crippen molar-refractivity contribution in [3.63, 3.8) is 0 Å². The van der Waals surface area contributed by atoms with Crippen LogP contribution in [0.5, 0.6) is 0 Å². The fourth-order valence-corrected chi connectivity index (χ4v) is 4.83. The number of hydrogen-bond donors (Lipinski definition) is 1. The molecule has 0 radical (unpaired) electrons. The topological polar surface area (TPSA) is 32.3 Å². The number of carbonyl (C=O) groups excluding carboxylic acids is 1. The van der Waals surface area contributed by atoms with Crippen molar-refractivity contribution in [3.8, 4) is 0 Å². The van der Waals surface area contributed by atoms with Crippen molar-refractivity contribution in [2.45, 2.75) is 23.9 Å². The van der Waals surface area contributed by atoms with Crippen molar-refractivity contribution in [3.05, 3.63) is 70.2 Å². The predicted molar refractivity (Wildman–Crippen MR) is 89.5 cm³/mol. The summed E-state index contributed by atoms with van der Waals surface area (Å²) in [6, 6.07) is 16.1. The van der Waals surface area contributed by atoms with E-state index in [1.165, 1.54) is 5.56 Å². The first-order valence-corrected chi connectivity index (χ1v) is 8.49. The number of hydrogen-bond acceptors (Lipinski definition) is 2. The molecule has 3 aliphatic rings. The molecule has 1 N–H and O–H groups in total. The lowest BCUT2D eigenvalue weighted by atomic mass is 9.72. The molecule has 1 unspecified atom stereocenters. The monoisotopic (exact) mass is 324 g/mol. The van der Waals surface area contributed by atoms with Crippen molar-refractivity contribution in [1.82, 2.24) is 10.2 Å². The molecule has 1 saturated heterocycles. The molecule has 1 aliphatic carbocycles. The predicted octanol–water partition coefficient (Wildman–Crippen LogP) is 3.28. The smallest absolute Gasteiger partial charge is 0.255 e. The van der Waals surface area contributed by atoms with E-state index in [0.717, 1.165) is 42.1 Å². The van der Waals surface area contributed by atoms with Crippen molar-refractivity contribution in [2.24, 2.45) is 0 Å². The molecule has 0 aromatic heterocycles. The molecule has 2 heterocycles. The lowest BCUT2D eigenvalue weighted by Crippen LogP contribution is -2.62. The number of nitrogens with one attached hydrogen (secondary N) is 1. The quantitative estimate of drug-likeness (QED) is 0.873. The van der Waals surface area contributed by atoms with Gasteiger partial charge in [0.2, 0.25) is 0 Å². The van der Waals surface area contributed by atoms with Gasteiger partial charge in [-0.05, 0) is 42.2 Å². The Bertz CT molecular complexity index is 812. The maximum Gasteiger partial charge on any atom is 0.255 e. The minimum atomic E-state index is -0.428. The standard InChI is InChI=1S/C19H17ClN2O/c20-14-7-5-13(6-8-14)19-18(9-10-18)16-4-2-1-3-15(16)17(23)22(19)12-11-21-19/h1-8,21H,9-12H2. The zero-order valence-corrected chi connectivity index (χ0v) is 13.4. The van der Waals surface area contributed by atoms with Gasteiger partial charge in [0, 0.05) is 29.1 Å². The van der Waals surface area contributed by atoms with Crippen LogP contribution < -0.4 is 5.32 Å². The van der Waals surface area contributed by atoms with Gasteiger partial charge in [-0.1, -0.05) is 41.9 Å². The molecule has 1 atom stereocenters. The summed E-state index contributed by atoms with van der Waals surface area (Å²) in [7, 11) is 0. The van der Waals surface area contributed by atoms with Gasteiger partial charge < -0.3 is 4.90 Å². The van der Waals surface area contributed by atoms with E-state index in [4.69, 9.17) is 11.6 Å². The SMILES string of the molecule is O=C1c2ccccc2C2(CC2)C2(c3ccc(Cl)cc3)NCCN12. The van der Waals surface area contributed by atoms with E-state index < -0.39 is 5.66 Å². The summed E-state index contributed by atoms with van der Waals surface area (Å²) < 4.78 is 0. The molecular weight excluding hydrogens is 308 g/mol. The van der Waals surface area contributed by atoms with Crippen LogP contribution in [0.25, 0.3) is 0 Å². The summed E-state index contributed by atoms with van der Waals surface area (Å²) in [6.45, 7) is 1.57. The third kappa shape index (κ3) is 1.52. The van der Waals surface area contributed by atoms with Crippen LogP contribution in [0.4, 0.5) is 0 Å². The zero-order valence-electron chi connectivity index (χ0n) is 12.7. The molecule has 2 aliphatic heterocycles. The Balaban J connectivity index is 1.80. The number of nitrogens with zero attached hydrogens (tertiary/aromatic N) is 1. The molecule has 23 heavy (non-hydrogen) atoms. The van der Waals surface area contributed by atoms with Gasteiger partial charge in [-0.25, -0.2) is 0 Å². The third-order valence-corrected chi connectivity index (χ3v) is 6.00. The van der Waals surface area contributed by atoms with E-state index in [1.807, 2.05) is 35.2 Å². The average Bonchev–Trinajstić information content (AvgIpc) is 3.26. The van der Waals surface area contributed by atoms with Crippen LogP contribution in [0.2, 0.25) is 5.02 Å². The van der Waals surface area contributed by atoms with E-state index in [2.05, 4.69) is 23.5 Å². The summed E-state index contributed by atoms with van der Waals surface area (Å²) in [5.74, 6) is 0.137. The van der Waals surface area contributed by atoms with Crippen LogP contribution in [-0.4, -0.2) is 23.9 Å². The number of benzene rings is 2. The molecule has 5 rings (SSSR count). The maximum absolute atomic E-state index is 13.1. The summed E-state index contributed by atoms with van der Waals surface area (Å²) in [5, 5.41) is 4.42. The molecule has 1 amide bonds. The van der Waals surface area contributed by atoms with E-state index in [9.17, 15) is 4.79 Å². The first-order valence-electron chi connectivity index (χ1n) is 8.12. The fraction of sp³-hybridized carbons (Fsp3) is 0.316. The van der Waals surface area contributed by atoms with Gasteiger partial charge in [0.05, 0.1) is 0 Å². The molecule has 3 nitrogen and oxygen atoms in total. The maximum atomic E-state index is 13.1. The van der Waals surface area contributed by atoms with Gasteiger partial charge in [0.1, 0.15) is 5.66 Å². The molecule has 4 heteroatoms. The number of fused-ring (bicyclic) bond motifs is 4. The Labute approximate surface area is 140 Å².